The first-order valence-electron chi connectivity index (χ1n) is 7.09. The molecule has 0 saturated carbocycles. The largest absolute Gasteiger partial charge is 0.432 e. The summed E-state index contributed by atoms with van der Waals surface area (Å²) < 4.78 is 5.92. The van der Waals surface area contributed by atoms with E-state index in [4.69, 9.17) is 4.74 Å². The van der Waals surface area contributed by atoms with Crippen molar-refractivity contribution in [3.8, 4) is 5.75 Å². The van der Waals surface area contributed by atoms with Crippen molar-refractivity contribution in [2.24, 2.45) is 0 Å². The molecule has 102 valence electrons. The molecule has 0 bridgehead atoms. The van der Waals surface area contributed by atoms with Gasteiger partial charge >= 0.3 is 0 Å². The highest BCUT2D eigenvalue weighted by atomic mass is 16.5. The van der Waals surface area contributed by atoms with Crippen molar-refractivity contribution >= 4 is 17.3 Å². The molecule has 0 N–H and O–H groups in total. The van der Waals surface area contributed by atoms with Gasteiger partial charge in [-0.25, -0.2) is 0 Å². The van der Waals surface area contributed by atoms with E-state index in [0.29, 0.717) is 0 Å². The van der Waals surface area contributed by atoms with Crippen LogP contribution in [-0.4, -0.2) is 7.05 Å². The maximum Gasteiger partial charge on any atom is 0.246 e. The molecule has 0 fully saturated rings. The van der Waals surface area contributed by atoms with Gasteiger partial charge in [-0.15, -0.1) is 0 Å². The maximum atomic E-state index is 5.92. The van der Waals surface area contributed by atoms with Crippen LogP contribution in [0.15, 0.2) is 66.2 Å². The first kappa shape index (κ1) is 12.1. The number of hydrogen-bond acceptors (Lipinski definition) is 2. The molecule has 1 heterocycles. The number of benzene rings is 2. The summed E-state index contributed by atoms with van der Waals surface area (Å²) in [5.74, 6) is 1.65. The minimum Gasteiger partial charge on any atom is -0.432 e. The quantitative estimate of drug-likeness (QED) is 0.657. The van der Waals surface area contributed by atoms with Gasteiger partial charge in [-0.3, -0.25) is 0 Å². The third-order valence-electron chi connectivity index (χ3n) is 3.90. The summed E-state index contributed by atoms with van der Waals surface area (Å²) in [6.07, 6.45) is 5.22. The second-order valence-corrected chi connectivity index (χ2v) is 5.23. The number of para-hydroxylation sites is 2. The first-order chi connectivity index (χ1) is 10.3. The summed E-state index contributed by atoms with van der Waals surface area (Å²) in [5, 5.41) is 0. The van der Waals surface area contributed by atoms with Crippen LogP contribution >= 0.6 is 0 Å². The third-order valence-corrected chi connectivity index (χ3v) is 3.90. The van der Waals surface area contributed by atoms with E-state index in [0.717, 1.165) is 23.7 Å². The summed E-state index contributed by atoms with van der Waals surface area (Å²) in [5.41, 5.74) is 8.19. The van der Waals surface area contributed by atoms with E-state index in [1.807, 2.05) is 30.1 Å². The van der Waals surface area contributed by atoms with Crippen LogP contribution in [0, 0.1) is 0 Å². The average molecular weight is 273 g/mol. The Kier molecular flexibility index (Phi) is 2.70. The van der Waals surface area contributed by atoms with E-state index >= 15 is 0 Å². The molecule has 0 saturated heterocycles. The number of ether oxygens (including phenoxy) is 1. The summed E-state index contributed by atoms with van der Waals surface area (Å²) in [6, 6.07) is 16.5. The lowest BCUT2D eigenvalue weighted by Gasteiger charge is -2.13. The topological polar surface area (TPSA) is 12.5 Å². The van der Waals surface area contributed by atoms with E-state index in [2.05, 4.69) is 48.2 Å². The predicted molar refractivity (Wildman–Crippen MR) is 86.0 cm³/mol. The molecule has 2 heteroatoms. The first-order valence-corrected chi connectivity index (χ1v) is 7.09. The van der Waals surface area contributed by atoms with Crippen LogP contribution in [0.3, 0.4) is 0 Å². The molecule has 0 aromatic heterocycles. The molecule has 0 amide bonds. The normalized spacial score (nSPS) is 15.4. The Morgan fingerprint density at radius 1 is 1.05 bits per heavy atom. The zero-order valence-corrected chi connectivity index (χ0v) is 11.8. The smallest absolute Gasteiger partial charge is 0.246 e. The van der Waals surface area contributed by atoms with Crippen LogP contribution in [0.4, 0.5) is 5.69 Å². The lowest BCUT2D eigenvalue weighted by atomic mass is 9.93. The van der Waals surface area contributed by atoms with Gasteiger partial charge in [0.05, 0.1) is 5.69 Å². The van der Waals surface area contributed by atoms with Gasteiger partial charge in [0.2, 0.25) is 5.88 Å². The zero-order valence-electron chi connectivity index (χ0n) is 11.8. The number of anilines is 1. The summed E-state index contributed by atoms with van der Waals surface area (Å²) in [6.45, 7) is 0. The molecule has 2 aromatic carbocycles. The second-order valence-electron chi connectivity index (χ2n) is 5.23. The highest BCUT2D eigenvalue weighted by Crippen LogP contribution is 2.38. The summed E-state index contributed by atoms with van der Waals surface area (Å²) >= 11 is 0. The third kappa shape index (κ3) is 1.97. The van der Waals surface area contributed by atoms with Gasteiger partial charge < -0.3 is 9.64 Å². The molecule has 2 nitrogen and oxygen atoms in total. The Morgan fingerprint density at radius 2 is 1.86 bits per heavy atom. The van der Waals surface area contributed by atoms with Crippen LogP contribution in [0.25, 0.3) is 11.6 Å². The zero-order chi connectivity index (χ0) is 14.2. The SMILES string of the molecule is CN1C(=C=C2CC=Cc3ccccc32)Oc2ccccc21. The number of fused-ring (bicyclic) bond motifs is 2. The Morgan fingerprint density at radius 3 is 2.76 bits per heavy atom. The molecular formula is C19H15NO. The fourth-order valence-electron chi connectivity index (χ4n) is 2.79. The highest BCUT2D eigenvalue weighted by Gasteiger charge is 2.22. The van der Waals surface area contributed by atoms with Gasteiger partial charge in [-0.1, -0.05) is 54.3 Å². The molecule has 0 atom stereocenters. The van der Waals surface area contributed by atoms with Gasteiger partial charge in [0, 0.05) is 12.6 Å². The van der Waals surface area contributed by atoms with Crippen LogP contribution < -0.4 is 9.64 Å². The van der Waals surface area contributed by atoms with E-state index in [9.17, 15) is 0 Å². The van der Waals surface area contributed by atoms with Crippen molar-refractivity contribution in [2.75, 3.05) is 11.9 Å². The average Bonchev–Trinajstić information content (AvgIpc) is 2.85. The number of nitrogens with zero attached hydrogens (tertiary/aromatic N) is 1. The number of hydrogen-bond donors (Lipinski definition) is 0. The van der Waals surface area contributed by atoms with Gasteiger partial charge in [0.15, 0.2) is 5.75 Å². The molecule has 2 aliphatic rings. The van der Waals surface area contributed by atoms with Crippen LogP contribution in [0.2, 0.25) is 0 Å². The van der Waals surface area contributed by atoms with E-state index in [1.165, 1.54) is 16.7 Å². The van der Waals surface area contributed by atoms with Gasteiger partial charge in [0.1, 0.15) is 0 Å². The molecular weight excluding hydrogens is 258 g/mol. The lowest BCUT2D eigenvalue weighted by molar-refractivity contribution is 0.445. The van der Waals surface area contributed by atoms with Gasteiger partial charge in [-0.05, 0) is 29.7 Å². The van der Waals surface area contributed by atoms with Crippen molar-refractivity contribution in [3.05, 3.63) is 77.3 Å². The Bertz CT molecular complexity index is 810. The second kappa shape index (κ2) is 4.69. The van der Waals surface area contributed by atoms with Crippen LogP contribution in [0.1, 0.15) is 17.5 Å². The van der Waals surface area contributed by atoms with Crippen molar-refractivity contribution in [1.82, 2.24) is 0 Å². The molecule has 0 radical (unpaired) electrons. The van der Waals surface area contributed by atoms with E-state index in [1.54, 1.807) is 0 Å². The van der Waals surface area contributed by atoms with E-state index < -0.39 is 0 Å². The predicted octanol–water partition coefficient (Wildman–Crippen LogP) is 4.46. The van der Waals surface area contributed by atoms with Gasteiger partial charge in [0.25, 0.3) is 0 Å². The van der Waals surface area contributed by atoms with E-state index in [-0.39, 0.29) is 0 Å². The van der Waals surface area contributed by atoms with Gasteiger partial charge in [-0.2, -0.15) is 0 Å². The minimum absolute atomic E-state index is 0.760. The Labute approximate surface area is 124 Å². The Hall–Kier alpha value is -2.70. The number of rotatable bonds is 0. The summed E-state index contributed by atoms with van der Waals surface area (Å²) in [7, 11) is 2.01. The molecule has 1 aliphatic carbocycles. The fourth-order valence-corrected chi connectivity index (χ4v) is 2.79. The van der Waals surface area contributed by atoms with Crippen molar-refractivity contribution in [2.45, 2.75) is 6.42 Å². The minimum atomic E-state index is 0.760. The lowest BCUT2D eigenvalue weighted by Crippen LogP contribution is -2.12. The molecule has 0 spiro atoms. The standard InChI is InChI=1S/C19H15NO/c1-20-17-11-4-5-12-18(17)21-19(20)13-15-9-6-8-14-7-2-3-10-16(14)15/h2-8,10-12H,9H2,1H3. The van der Waals surface area contributed by atoms with Crippen LogP contribution in [-0.2, 0) is 0 Å². The van der Waals surface area contributed by atoms with Crippen molar-refractivity contribution in [3.63, 3.8) is 0 Å². The number of allylic oxidation sites excluding steroid dienone is 2. The maximum absolute atomic E-state index is 5.92. The molecule has 2 aromatic rings. The fraction of sp³-hybridized carbons (Fsp3) is 0.105. The molecule has 21 heavy (non-hydrogen) atoms. The molecule has 0 unspecified atom stereocenters. The van der Waals surface area contributed by atoms with Crippen molar-refractivity contribution < 1.29 is 4.74 Å². The molecule has 4 rings (SSSR count). The van der Waals surface area contributed by atoms with Crippen molar-refractivity contribution in [1.29, 1.82) is 0 Å². The highest BCUT2D eigenvalue weighted by molar-refractivity contribution is 5.79. The monoisotopic (exact) mass is 273 g/mol. The Balaban J connectivity index is 1.84. The molecule has 1 aliphatic heterocycles. The summed E-state index contributed by atoms with van der Waals surface area (Å²) in [4.78, 5) is 2.04. The van der Waals surface area contributed by atoms with Crippen LogP contribution in [0.5, 0.6) is 5.75 Å².